The van der Waals surface area contributed by atoms with Gasteiger partial charge in [0.1, 0.15) is 24.1 Å². The van der Waals surface area contributed by atoms with E-state index < -0.39 is 28.5 Å². The monoisotopic (exact) mass is 599 g/mol. The Balaban J connectivity index is 1.66. The molecule has 2 amide bonds. The average molecular weight is 600 g/mol. The number of hydrogen-bond acceptors (Lipinski definition) is 5. The molecule has 0 spiro atoms. The second-order valence-corrected chi connectivity index (χ2v) is 12.5. The maximum Gasteiger partial charge on any atom is 0.244 e. The van der Waals surface area contributed by atoms with E-state index in [9.17, 15) is 18.0 Å². The first-order valence-electron chi connectivity index (χ1n) is 14.1. The second kappa shape index (κ2) is 14.5. The zero-order valence-corrected chi connectivity index (χ0v) is 25.4. The molecule has 0 aromatic heterocycles. The molecule has 224 valence electrons. The van der Waals surface area contributed by atoms with Crippen molar-refractivity contribution < 1.29 is 22.7 Å². The summed E-state index contributed by atoms with van der Waals surface area (Å²) in [6.45, 7) is 3.36. The number of amides is 2. The molecule has 4 aromatic carbocycles. The molecule has 0 aliphatic heterocycles. The van der Waals surface area contributed by atoms with Gasteiger partial charge in [-0.2, -0.15) is 0 Å². The molecule has 4 aromatic rings. The minimum atomic E-state index is -3.87. The van der Waals surface area contributed by atoms with Crippen molar-refractivity contribution in [3.63, 3.8) is 0 Å². The number of nitrogens with one attached hydrogen (secondary N) is 1. The fraction of sp³-hybridized carbons (Fsp3) is 0.235. The van der Waals surface area contributed by atoms with Crippen molar-refractivity contribution in [1.82, 2.24) is 10.2 Å². The largest absolute Gasteiger partial charge is 0.457 e. The number of anilines is 1. The normalized spacial score (nSPS) is 11.9. The van der Waals surface area contributed by atoms with E-state index >= 15 is 0 Å². The molecule has 0 heterocycles. The lowest BCUT2D eigenvalue weighted by molar-refractivity contribution is -0.140. The van der Waals surface area contributed by atoms with Crippen LogP contribution < -0.4 is 14.4 Å². The Bertz CT molecular complexity index is 1580. The number of nitrogens with zero attached hydrogens (tertiary/aromatic N) is 2. The van der Waals surface area contributed by atoms with Crippen molar-refractivity contribution in [1.29, 1.82) is 0 Å². The molecular weight excluding hydrogens is 562 g/mol. The maximum atomic E-state index is 14.1. The Kier molecular flexibility index (Phi) is 10.6. The van der Waals surface area contributed by atoms with Crippen LogP contribution in [0.2, 0.25) is 0 Å². The van der Waals surface area contributed by atoms with Gasteiger partial charge in [-0.25, -0.2) is 8.42 Å². The molecule has 4 rings (SSSR count). The number of para-hydroxylation sites is 1. The van der Waals surface area contributed by atoms with Crippen molar-refractivity contribution >= 4 is 27.5 Å². The highest BCUT2D eigenvalue weighted by atomic mass is 32.2. The molecule has 8 nitrogen and oxygen atoms in total. The standard InChI is InChI=1S/C34H37N3O5S/c1-26(2)35-34(39)32(23-27-13-7-4-8-14-27)36(24-28-15-9-5-10-16-28)33(38)25-37(43(3,40)41)29-19-21-31(22-20-29)42-30-17-11-6-12-18-30/h4-22,26,32H,23-25H2,1-3H3,(H,35,39). The molecule has 1 atom stereocenters. The molecule has 0 aliphatic rings. The zero-order valence-electron chi connectivity index (χ0n) is 24.6. The molecule has 9 heteroatoms. The van der Waals surface area contributed by atoms with Crippen molar-refractivity contribution in [2.24, 2.45) is 0 Å². The Morgan fingerprint density at radius 1 is 0.744 bits per heavy atom. The first kappa shape index (κ1) is 31.3. The Hall–Kier alpha value is -4.63. The van der Waals surface area contributed by atoms with Crippen molar-refractivity contribution in [3.05, 3.63) is 126 Å². The topological polar surface area (TPSA) is 96.0 Å². The Morgan fingerprint density at radius 2 is 1.26 bits per heavy atom. The molecule has 0 aliphatic carbocycles. The van der Waals surface area contributed by atoms with Crippen LogP contribution in [-0.2, 0) is 32.6 Å². The van der Waals surface area contributed by atoms with Crippen LogP contribution >= 0.6 is 0 Å². The third kappa shape index (κ3) is 9.18. The summed E-state index contributed by atoms with van der Waals surface area (Å²) in [7, 11) is -3.87. The zero-order chi connectivity index (χ0) is 30.8. The van der Waals surface area contributed by atoms with Crippen LogP contribution in [0.5, 0.6) is 11.5 Å². The van der Waals surface area contributed by atoms with Gasteiger partial charge in [-0.15, -0.1) is 0 Å². The smallest absolute Gasteiger partial charge is 0.244 e. The van der Waals surface area contributed by atoms with Gasteiger partial charge in [-0.3, -0.25) is 13.9 Å². The van der Waals surface area contributed by atoms with Gasteiger partial charge in [0.05, 0.1) is 11.9 Å². The van der Waals surface area contributed by atoms with Crippen LogP contribution in [0, 0.1) is 0 Å². The number of rotatable bonds is 13. The lowest BCUT2D eigenvalue weighted by Gasteiger charge is -2.34. The predicted octanol–water partition coefficient (Wildman–Crippen LogP) is 5.41. The van der Waals surface area contributed by atoms with E-state index in [-0.39, 0.29) is 24.9 Å². The minimum Gasteiger partial charge on any atom is -0.457 e. The molecule has 0 saturated carbocycles. The van der Waals surface area contributed by atoms with E-state index in [1.54, 1.807) is 24.3 Å². The van der Waals surface area contributed by atoms with Crippen LogP contribution in [0.4, 0.5) is 5.69 Å². The third-order valence-corrected chi connectivity index (χ3v) is 7.82. The predicted molar refractivity (Wildman–Crippen MR) is 169 cm³/mol. The molecule has 0 saturated heterocycles. The number of carbonyl (C=O) groups is 2. The van der Waals surface area contributed by atoms with Crippen LogP contribution in [-0.4, -0.2) is 50.0 Å². The SMILES string of the molecule is CC(C)NC(=O)C(Cc1ccccc1)N(Cc1ccccc1)C(=O)CN(c1ccc(Oc2ccccc2)cc1)S(C)(=O)=O. The number of sulfonamides is 1. The van der Waals surface area contributed by atoms with Gasteiger partial charge in [0.2, 0.25) is 21.8 Å². The molecular formula is C34H37N3O5S. The molecule has 1 unspecified atom stereocenters. The van der Waals surface area contributed by atoms with Gasteiger partial charge in [0.15, 0.2) is 0 Å². The van der Waals surface area contributed by atoms with E-state index in [0.717, 1.165) is 21.7 Å². The van der Waals surface area contributed by atoms with E-state index in [2.05, 4.69) is 5.32 Å². The highest BCUT2D eigenvalue weighted by Gasteiger charge is 2.33. The van der Waals surface area contributed by atoms with E-state index in [0.29, 0.717) is 17.2 Å². The van der Waals surface area contributed by atoms with Crippen LogP contribution in [0.25, 0.3) is 0 Å². The fourth-order valence-corrected chi connectivity index (χ4v) is 5.48. The average Bonchev–Trinajstić information content (AvgIpc) is 2.99. The summed E-state index contributed by atoms with van der Waals surface area (Å²) in [5.74, 6) is 0.356. The third-order valence-electron chi connectivity index (χ3n) is 6.68. The Morgan fingerprint density at radius 3 is 1.79 bits per heavy atom. The molecule has 0 fully saturated rings. The number of carbonyl (C=O) groups excluding carboxylic acids is 2. The van der Waals surface area contributed by atoms with Crippen LogP contribution in [0.15, 0.2) is 115 Å². The summed E-state index contributed by atoms with van der Waals surface area (Å²) in [5, 5.41) is 2.95. The number of hydrogen-bond donors (Lipinski definition) is 1. The van der Waals surface area contributed by atoms with Crippen molar-refractivity contribution in [2.45, 2.75) is 38.9 Å². The summed E-state index contributed by atoms with van der Waals surface area (Å²) >= 11 is 0. The van der Waals surface area contributed by atoms with E-state index in [1.807, 2.05) is 105 Å². The maximum absolute atomic E-state index is 14.1. The van der Waals surface area contributed by atoms with Crippen LogP contribution in [0.1, 0.15) is 25.0 Å². The first-order chi connectivity index (χ1) is 20.6. The highest BCUT2D eigenvalue weighted by molar-refractivity contribution is 7.92. The number of benzene rings is 4. The quantitative estimate of drug-likeness (QED) is 0.222. The molecule has 43 heavy (non-hydrogen) atoms. The van der Waals surface area contributed by atoms with Gasteiger partial charge >= 0.3 is 0 Å². The van der Waals surface area contributed by atoms with E-state index in [4.69, 9.17) is 4.74 Å². The van der Waals surface area contributed by atoms with E-state index in [1.165, 1.54) is 4.90 Å². The lowest BCUT2D eigenvalue weighted by atomic mass is 10.0. The summed E-state index contributed by atoms with van der Waals surface area (Å²) in [6.07, 6.45) is 1.32. The summed E-state index contributed by atoms with van der Waals surface area (Å²) in [6, 6.07) is 33.5. The van der Waals surface area contributed by atoms with Crippen molar-refractivity contribution in [2.75, 3.05) is 17.1 Å². The highest BCUT2D eigenvalue weighted by Crippen LogP contribution is 2.26. The summed E-state index contributed by atoms with van der Waals surface area (Å²) in [5.41, 5.74) is 2.01. The second-order valence-electron chi connectivity index (χ2n) is 10.6. The lowest BCUT2D eigenvalue weighted by Crippen LogP contribution is -2.54. The molecule has 0 radical (unpaired) electrons. The molecule has 0 bridgehead atoms. The first-order valence-corrected chi connectivity index (χ1v) is 15.9. The Labute approximate surface area is 254 Å². The van der Waals surface area contributed by atoms with Crippen LogP contribution in [0.3, 0.4) is 0 Å². The fourth-order valence-electron chi connectivity index (χ4n) is 4.63. The molecule has 1 N–H and O–H groups in total. The van der Waals surface area contributed by atoms with Gasteiger partial charge in [0, 0.05) is 19.0 Å². The van der Waals surface area contributed by atoms with Gasteiger partial charge < -0.3 is 15.0 Å². The summed E-state index contributed by atoms with van der Waals surface area (Å²) < 4.78 is 32.9. The van der Waals surface area contributed by atoms with Gasteiger partial charge in [-0.05, 0) is 61.4 Å². The summed E-state index contributed by atoms with van der Waals surface area (Å²) in [4.78, 5) is 29.2. The van der Waals surface area contributed by atoms with Crippen molar-refractivity contribution in [3.8, 4) is 11.5 Å². The van der Waals surface area contributed by atoms with Gasteiger partial charge in [0.25, 0.3) is 0 Å². The number of ether oxygens (including phenoxy) is 1. The van der Waals surface area contributed by atoms with Gasteiger partial charge in [-0.1, -0.05) is 78.9 Å². The minimum absolute atomic E-state index is 0.129.